The molecule has 1 amide bonds. The molecule has 0 spiro atoms. The molecule has 0 radical (unpaired) electrons. The fourth-order valence-corrected chi connectivity index (χ4v) is 1.32. The van der Waals surface area contributed by atoms with Crippen LogP contribution in [0.5, 0.6) is 0 Å². The van der Waals surface area contributed by atoms with Crippen molar-refractivity contribution < 1.29 is 4.79 Å². The molecule has 0 saturated carbocycles. The van der Waals surface area contributed by atoms with Gasteiger partial charge in [-0.05, 0) is 6.42 Å². The third kappa shape index (κ3) is 4.46. The fraction of sp³-hybridized carbons (Fsp3) is 0.500. The van der Waals surface area contributed by atoms with Crippen LogP contribution in [0.2, 0.25) is 0 Å². The lowest BCUT2D eigenvalue weighted by atomic mass is 10.0. The van der Waals surface area contributed by atoms with Crippen LogP contribution >= 0.6 is 0 Å². The van der Waals surface area contributed by atoms with Crippen molar-refractivity contribution in [2.24, 2.45) is 5.92 Å². The van der Waals surface area contributed by atoms with Crippen molar-refractivity contribution in [1.82, 2.24) is 4.90 Å². The lowest BCUT2D eigenvalue weighted by molar-refractivity contribution is -0.132. The summed E-state index contributed by atoms with van der Waals surface area (Å²) in [4.78, 5) is 13.4. The molecule has 0 fully saturated rings. The van der Waals surface area contributed by atoms with Crippen LogP contribution in [0.25, 0.3) is 0 Å². The Morgan fingerprint density at radius 1 is 1.47 bits per heavy atom. The molecule has 0 saturated heterocycles. The average Bonchev–Trinajstić information content (AvgIpc) is 2.24. The molecule has 3 heteroatoms. The maximum absolute atomic E-state index is 11.9. The van der Waals surface area contributed by atoms with E-state index < -0.39 is 5.92 Å². The predicted octanol–water partition coefficient (Wildman–Crippen LogP) is 2.13. The highest BCUT2D eigenvalue weighted by molar-refractivity contribution is 5.81. The Morgan fingerprint density at radius 2 is 2.00 bits per heavy atom. The number of nitriles is 1. The Morgan fingerprint density at radius 3 is 2.33 bits per heavy atom. The van der Waals surface area contributed by atoms with Crippen LogP contribution in [0, 0.1) is 17.2 Å². The van der Waals surface area contributed by atoms with Crippen LogP contribution in [0.1, 0.15) is 19.8 Å². The van der Waals surface area contributed by atoms with Crippen LogP contribution < -0.4 is 0 Å². The Kier molecular flexibility index (Phi) is 7.00. The number of amides is 1. The van der Waals surface area contributed by atoms with Crippen molar-refractivity contribution in [2.45, 2.75) is 19.8 Å². The minimum atomic E-state index is -0.533. The summed E-state index contributed by atoms with van der Waals surface area (Å²) >= 11 is 0. The smallest absolute Gasteiger partial charge is 0.240 e. The lowest BCUT2D eigenvalue weighted by Gasteiger charge is -2.21. The van der Waals surface area contributed by atoms with E-state index in [2.05, 4.69) is 13.2 Å². The molecular weight excluding hydrogens is 188 g/mol. The highest BCUT2D eigenvalue weighted by atomic mass is 16.2. The fourth-order valence-electron chi connectivity index (χ4n) is 1.32. The van der Waals surface area contributed by atoms with Gasteiger partial charge in [0.05, 0.1) is 6.07 Å². The van der Waals surface area contributed by atoms with Gasteiger partial charge in [-0.25, -0.2) is 0 Å². The minimum Gasteiger partial charge on any atom is -0.334 e. The second kappa shape index (κ2) is 7.81. The van der Waals surface area contributed by atoms with Crippen LogP contribution in [0.4, 0.5) is 0 Å². The molecule has 1 atom stereocenters. The lowest BCUT2D eigenvalue weighted by Crippen LogP contribution is -2.36. The van der Waals surface area contributed by atoms with Gasteiger partial charge in [0.15, 0.2) is 0 Å². The summed E-state index contributed by atoms with van der Waals surface area (Å²) in [6.07, 6.45) is 4.75. The van der Waals surface area contributed by atoms with E-state index in [0.717, 1.165) is 6.42 Å². The second-order valence-corrected chi connectivity index (χ2v) is 3.29. The van der Waals surface area contributed by atoms with Gasteiger partial charge in [-0.2, -0.15) is 5.26 Å². The van der Waals surface area contributed by atoms with Gasteiger partial charge in [-0.3, -0.25) is 4.79 Å². The third-order valence-corrected chi connectivity index (χ3v) is 2.04. The third-order valence-electron chi connectivity index (χ3n) is 2.04. The first-order valence-electron chi connectivity index (χ1n) is 5.11. The van der Waals surface area contributed by atoms with Gasteiger partial charge < -0.3 is 4.90 Å². The zero-order chi connectivity index (χ0) is 11.7. The zero-order valence-electron chi connectivity index (χ0n) is 9.28. The largest absolute Gasteiger partial charge is 0.334 e. The summed E-state index contributed by atoms with van der Waals surface area (Å²) in [5.74, 6) is -0.658. The normalized spacial score (nSPS) is 11.2. The van der Waals surface area contributed by atoms with Gasteiger partial charge in [0.25, 0.3) is 0 Å². The molecule has 0 aliphatic heterocycles. The first kappa shape index (κ1) is 13.4. The van der Waals surface area contributed by atoms with Crippen molar-refractivity contribution >= 4 is 5.91 Å². The van der Waals surface area contributed by atoms with E-state index in [0.29, 0.717) is 19.5 Å². The Hall–Kier alpha value is -1.56. The van der Waals surface area contributed by atoms with E-state index in [1.54, 1.807) is 17.1 Å². The topological polar surface area (TPSA) is 44.1 Å². The summed E-state index contributed by atoms with van der Waals surface area (Å²) in [7, 11) is 0. The molecule has 3 nitrogen and oxygen atoms in total. The van der Waals surface area contributed by atoms with Crippen LogP contribution in [0.15, 0.2) is 25.3 Å². The van der Waals surface area contributed by atoms with Gasteiger partial charge in [0.2, 0.25) is 5.91 Å². The number of carbonyl (C=O) groups excluding carboxylic acids is 1. The molecule has 0 aliphatic carbocycles. The minimum absolute atomic E-state index is 0.126. The molecule has 0 aromatic carbocycles. The average molecular weight is 206 g/mol. The quantitative estimate of drug-likeness (QED) is 0.599. The van der Waals surface area contributed by atoms with Crippen molar-refractivity contribution in [3.05, 3.63) is 25.3 Å². The summed E-state index contributed by atoms with van der Waals surface area (Å²) in [6, 6.07) is 2.04. The molecule has 1 unspecified atom stereocenters. The van der Waals surface area contributed by atoms with Crippen molar-refractivity contribution in [3.8, 4) is 6.07 Å². The predicted molar refractivity (Wildman–Crippen MR) is 61.0 cm³/mol. The van der Waals surface area contributed by atoms with E-state index in [1.807, 2.05) is 13.0 Å². The van der Waals surface area contributed by atoms with E-state index in [1.165, 1.54) is 0 Å². The van der Waals surface area contributed by atoms with Crippen molar-refractivity contribution in [1.29, 1.82) is 5.26 Å². The molecule has 82 valence electrons. The van der Waals surface area contributed by atoms with Crippen molar-refractivity contribution in [2.75, 3.05) is 13.1 Å². The SMILES string of the molecule is C=CCN(CC=C)C(=O)C(C#N)CCC. The molecule has 0 aliphatic rings. The Bertz CT molecular complexity index is 255. The van der Waals surface area contributed by atoms with E-state index in [-0.39, 0.29) is 5.91 Å². The molecule has 0 aromatic heterocycles. The van der Waals surface area contributed by atoms with E-state index in [9.17, 15) is 4.79 Å². The van der Waals surface area contributed by atoms with Gasteiger partial charge >= 0.3 is 0 Å². The highest BCUT2D eigenvalue weighted by Crippen LogP contribution is 2.09. The number of carbonyl (C=O) groups is 1. The van der Waals surface area contributed by atoms with Gasteiger partial charge in [0, 0.05) is 13.1 Å². The number of hydrogen-bond donors (Lipinski definition) is 0. The highest BCUT2D eigenvalue weighted by Gasteiger charge is 2.21. The molecule has 15 heavy (non-hydrogen) atoms. The van der Waals surface area contributed by atoms with Crippen LogP contribution in [0.3, 0.4) is 0 Å². The zero-order valence-corrected chi connectivity index (χ0v) is 9.28. The Balaban J connectivity index is 4.51. The number of hydrogen-bond acceptors (Lipinski definition) is 2. The monoisotopic (exact) mass is 206 g/mol. The summed E-state index contributed by atoms with van der Waals surface area (Å²) in [6.45, 7) is 10.1. The molecule has 0 aromatic rings. The van der Waals surface area contributed by atoms with Gasteiger partial charge in [-0.1, -0.05) is 25.5 Å². The number of nitrogens with zero attached hydrogens (tertiary/aromatic N) is 2. The van der Waals surface area contributed by atoms with Crippen molar-refractivity contribution in [3.63, 3.8) is 0 Å². The first-order chi connectivity index (χ1) is 7.21. The molecule has 0 heterocycles. The van der Waals surface area contributed by atoms with Crippen LogP contribution in [-0.4, -0.2) is 23.9 Å². The standard InChI is InChI=1S/C12H18N2O/c1-4-7-11(10-13)12(15)14(8-5-2)9-6-3/h5-6,11H,2-4,7-9H2,1H3. The van der Waals surface area contributed by atoms with Gasteiger partial charge in [0.1, 0.15) is 5.92 Å². The second-order valence-electron chi connectivity index (χ2n) is 3.29. The van der Waals surface area contributed by atoms with E-state index in [4.69, 9.17) is 5.26 Å². The maximum atomic E-state index is 11.9. The summed E-state index contributed by atoms with van der Waals surface area (Å²) in [5.41, 5.74) is 0. The maximum Gasteiger partial charge on any atom is 0.240 e. The molecular formula is C12H18N2O. The molecule has 0 bridgehead atoms. The first-order valence-corrected chi connectivity index (χ1v) is 5.11. The number of rotatable bonds is 7. The summed E-state index contributed by atoms with van der Waals surface area (Å²) in [5, 5.41) is 8.86. The molecule has 0 N–H and O–H groups in total. The Labute approximate surface area is 91.7 Å². The summed E-state index contributed by atoms with van der Waals surface area (Å²) < 4.78 is 0. The van der Waals surface area contributed by atoms with Gasteiger partial charge in [-0.15, -0.1) is 13.2 Å². The van der Waals surface area contributed by atoms with Crippen LogP contribution in [-0.2, 0) is 4.79 Å². The van der Waals surface area contributed by atoms with E-state index >= 15 is 0 Å². The molecule has 0 rings (SSSR count).